The van der Waals surface area contributed by atoms with Crippen molar-refractivity contribution in [1.29, 1.82) is 0 Å². The minimum Gasteiger partial charge on any atom is -0.396 e. The minimum absolute atomic E-state index is 0.315. The molecule has 2 atom stereocenters. The average molecular weight is 199 g/mol. The lowest BCUT2D eigenvalue weighted by Crippen LogP contribution is -1.89. The number of benzene rings is 1. The molecule has 1 heterocycles. The zero-order valence-corrected chi connectivity index (χ0v) is 8.43. The number of pyridine rings is 1. The molecule has 15 heavy (non-hydrogen) atoms. The maximum Gasteiger partial charge on any atom is 0.0702 e. The van der Waals surface area contributed by atoms with E-state index in [1.807, 2.05) is 12.3 Å². The second-order valence-electron chi connectivity index (χ2n) is 4.24. The molecular formula is C13H13NO. The molecule has 1 aliphatic rings. The highest BCUT2D eigenvalue weighted by molar-refractivity contribution is 5.79. The van der Waals surface area contributed by atoms with Gasteiger partial charge in [0.25, 0.3) is 0 Å². The van der Waals surface area contributed by atoms with E-state index in [1.165, 1.54) is 10.9 Å². The number of hydrogen-bond acceptors (Lipinski definition) is 2. The Kier molecular flexibility index (Phi) is 1.96. The first kappa shape index (κ1) is 8.86. The van der Waals surface area contributed by atoms with E-state index < -0.39 is 0 Å². The number of aromatic nitrogens is 1. The largest absolute Gasteiger partial charge is 0.396 e. The maximum absolute atomic E-state index is 9.04. The van der Waals surface area contributed by atoms with E-state index in [-0.39, 0.29) is 0 Å². The molecule has 1 N–H and O–H groups in total. The van der Waals surface area contributed by atoms with Crippen LogP contribution in [-0.2, 0) is 0 Å². The van der Waals surface area contributed by atoms with Crippen molar-refractivity contribution in [2.24, 2.45) is 5.92 Å². The van der Waals surface area contributed by atoms with Gasteiger partial charge in [0, 0.05) is 18.2 Å². The van der Waals surface area contributed by atoms with Gasteiger partial charge in [0.1, 0.15) is 0 Å². The third kappa shape index (κ3) is 1.51. The Labute approximate surface area is 88.6 Å². The highest BCUT2D eigenvalue weighted by Gasteiger charge is 2.37. The molecule has 0 aliphatic heterocycles. The Balaban J connectivity index is 2.00. The van der Waals surface area contributed by atoms with Gasteiger partial charge in [-0.15, -0.1) is 0 Å². The van der Waals surface area contributed by atoms with Gasteiger partial charge in [-0.05, 0) is 42.0 Å². The van der Waals surface area contributed by atoms with Gasteiger partial charge in [-0.25, -0.2) is 0 Å². The molecule has 0 saturated heterocycles. The minimum atomic E-state index is 0.315. The lowest BCUT2D eigenvalue weighted by atomic mass is 10.1. The number of fused-ring (bicyclic) bond motifs is 1. The molecule has 1 saturated carbocycles. The fourth-order valence-corrected chi connectivity index (χ4v) is 2.18. The molecule has 1 fully saturated rings. The Morgan fingerprint density at radius 1 is 1.33 bits per heavy atom. The second-order valence-corrected chi connectivity index (χ2v) is 4.24. The molecule has 3 rings (SSSR count). The van der Waals surface area contributed by atoms with Crippen LogP contribution in [0.2, 0.25) is 0 Å². The predicted molar refractivity (Wildman–Crippen MR) is 59.7 cm³/mol. The molecule has 1 aromatic carbocycles. The number of aliphatic hydroxyl groups is 1. The van der Waals surface area contributed by atoms with Gasteiger partial charge < -0.3 is 5.11 Å². The summed E-state index contributed by atoms with van der Waals surface area (Å²) in [5.41, 5.74) is 2.39. The lowest BCUT2D eigenvalue weighted by molar-refractivity contribution is 0.274. The third-order valence-corrected chi connectivity index (χ3v) is 3.21. The fraction of sp³-hybridized carbons (Fsp3) is 0.308. The molecule has 1 aromatic heterocycles. The topological polar surface area (TPSA) is 33.1 Å². The van der Waals surface area contributed by atoms with Crippen molar-refractivity contribution in [2.45, 2.75) is 12.3 Å². The van der Waals surface area contributed by atoms with Crippen molar-refractivity contribution in [2.75, 3.05) is 6.61 Å². The van der Waals surface area contributed by atoms with E-state index in [0.717, 1.165) is 11.9 Å². The first-order valence-electron chi connectivity index (χ1n) is 5.34. The first-order valence-corrected chi connectivity index (χ1v) is 5.34. The highest BCUT2D eigenvalue weighted by Crippen LogP contribution is 2.47. The van der Waals surface area contributed by atoms with Crippen LogP contribution in [0.15, 0.2) is 36.5 Å². The summed E-state index contributed by atoms with van der Waals surface area (Å²) < 4.78 is 0. The molecule has 76 valence electrons. The van der Waals surface area contributed by atoms with Crippen LogP contribution >= 0.6 is 0 Å². The second kappa shape index (κ2) is 3.31. The summed E-state index contributed by atoms with van der Waals surface area (Å²) in [6, 6.07) is 10.4. The monoisotopic (exact) mass is 199 g/mol. The maximum atomic E-state index is 9.04. The van der Waals surface area contributed by atoms with Crippen molar-refractivity contribution in [3.05, 3.63) is 42.1 Å². The van der Waals surface area contributed by atoms with Gasteiger partial charge in [-0.2, -0.15) is 0 Å². The number of hydrogen-bond donors (Lipinski definition) is 1. The van der Waals surface area contributed by atoms with Crippen molar-refractivity contribution in [1.82, 2.24) is 4.98 Å². The van der Waals surface area contributed by atoms with Crippen LogP contribution in [0, 0.1) is 5.92 Å². The molecule has 2 aromatic rings. The van der Waals surface area contributed by atoms with E-state index in [0.29, 0.717) is 18.4 Å². The zero-order chi connectivity index (χ0) is 10.3. The third-order valence-electron chi connectivity index (χ3n) is 3.21. The standard InChI is InChI=1S/C13H13NO/c15-8-11-7-12(11)9-3-4-13-10(6-9)2-1-5-14-13/h1-6,11-12,15H,7-8H2. The van der Waals surface area contributed by atoms with Gasteiger partial charge in [0.05, 0.1) is 5.52 Å². The van der Waals surface area contributed by atoms with E-state index in [2.05, 4.69) is 29.2 Å². The van der Waals surface area contributed by atoms with Crippen LogP contribution in [0.3, 0.4) is 0 Å². The van der Waals surface area contributed by atoms with Crippen molar-refractivity contribution < 1.29 is 5.11 Å². The van der Waals surface area contributed by atoms with Gasteiger partial charge in [0.15, 0.2) is 0 Å². The summed E-state index contributed by atoms with van der Waals surface area (Å²) in [7, 11) is 0. The quantitative estimate of drug-likeness (QED) is 0.805. The first-order chi connectivity index (χ1) is 7.38. The van der Waals surface area contributed by atoms with E-state index in [9.17, 15) is 0 Å². The summed E-state index contributed by atoms with van der Waals surface area (Å²) in [5.74, 6) is 1.05. The van der Waals surface area contributed by atoms with E-state index in [1.54, 1.807) is 0 Å². The van der Waals surface area contributed by atoms with Crippen LogP contribution in [-0.4, -0.2) is 16.7 Å². The Morgan fingerprint density at radius 3 is 3.07 bits per heavy atom. The number of aliphatic hydroxyl groups excluding tert-OH is 1. The Bertz CT molecular complexity index is 495. The molecule has 0 spiro atoms. The van der Waals surface area contributed by atoms with Crippen LogP contribution < -0.4 is 0 Å². The SMILES string of the molecule is OCC1CC1c1ccc2ncccc2c1. The van der Waals surface area contributed by atoms with E-state index in [4.69, 9.17) is 5.11 Å². The number of rotatable bonds is 2. The zero-order valence-electron chi connectivity index (χ0n) is 8.43. The molecule has 2 heteroatoms. The lowest BCUT2D eigenvalue weighted by Gasteiger charge is -2.01. The fourth-order valence-electron chi connectivity index (χ4n) is 2.18. The molecular weight excluding hydrogens is 186 g/mol. The highest BCUT2D eigenvalue weighted by atomic mass is 16.3. The van der Waals surface area contributed by atoms with Gasteiger partial charge in [-0.1, -0.05) is 12.1 Å². The summed E-state index contributed by atoms with van der Waals surface area (Å²) in [5, 5.41) is 10.2. The Morgan fingerprint density at radius 2 is 2.27 bits per heavy atom. The van der Waals surface area contributed by atoms with Crippen molar-refractivity contribution in [3.8, 4) is 0 Å². The molecule has 2 nitrogen and oxygen atoms in total. The smallest absolute Gasteiger partial charge is 0.0702 e. The van der Waals surface area contributed by atoms with Gasteiger partial charge in [0.2, 0.25) is 0 Å². The summed E-state index contributed by atoms with van der Waals surface area (Å²) >= 11 is 0. The molecule has 1 aliphatic carbocycles. The molecule has 2 unspecified atom stereocenters. The number of nitrogens with zero attached hydrogens (tertiary/aromatic N) is 1. The molecule has 0 radical (unpaired) electrons. The molecule has 0 amide bonds. The van der Waals surface area contributed by atoms with Crippen LogP contribution in [0.4, 0.5) is 0 Å². The summed E-state index contributed by atoms with van der Waals surface area (Å²) in [4.78, 5) is 4.29. The average Bonchev–Trinajstić information content (AvgIpc) is 3.08. The van der Waals surface area contributed by atoms with Crippen molar-refractivity contribution in [3.63, 3.8) is 0 Å². The van der Waals surface area contributed by atoms with Gasteiger partial charge >= 0.3 is 0 Å². The van der Waals surface area contributed by atoms with Gasteiger partial charge in [-0.3, -0.25) is 4.98 Å². The van der Waals surface area contributed by atoms with Crippen LogP contribution in [0.25, 0.3) is 10.9 Å². The van der Waals surface area contributed by atoms with Crippen LogP contribution in [0.5, 0.6) is 0 Å². The molecule has 0 bridgehead atoms. The van der Waals surface area contributed by atoms with E-state index >= 15 is 0 Å². The normalized spacial score (nSPS) is 24.3. The Hall–Kier alpha value is -1.41. The van der Waals surface area contributed by atoms with Crippen LogP contribution in [0.1, 0.15) is 17.9 Å². The summed E-state index contributed by atoms with van der Waals surface area (Å²) in [6.45, 7) is 0.315. The van der Waals surface area contributed by atoms with Crippen molar-refractivity contribution >= 4 is 10.9 Å². The predicted octanol–water partition coefficient (Wildman–Crippen LogP) is 2.33. The summed E-state index contributed by atoms with van der Waals surface area (Å²) in [6.07, 6.45) is 2.94.